The van der Waals surface area contributed by atoms with Gasteiger partial charge in [0, 0.05) is 11.6 Å². The zero-order valence-electron chi connectivity index (χ0n) is 16.0. The van der Waals surface area contributed by atoms with Gasteiger partial charge in [-0.05, 0) is 58.9 Å². The highest BCUT2D eigenvalue weighted by atomic mass is 16.5. The maximum absolute atomic E-state index is 12.4. The molecule has 0 bridgehead atoms. The summed E-state index contributed by atoms with van der Waals surface area (Å²) in [5, 5.41) is 12.3. The second-order valence-electron chi connectivity index (χ2n) is 7.20. The van der Waals surface area contributed by atoms with Crippen LogP contribution >= 0.6 is 0 Å². The number of nitrogens with one attached hydrogen (secondary N) is 1. The van der Waals surface area contributed by atoms with Crippen LogP contribution in [0.5, 0.6) is 0 Å². The van der Waals surface area contributed by atoms with Crippen molar-refractivity contribution in [1.29, 1.82) is 0 Å². The van der Waals surface area contributed by atoms with Crippen molar-refractivity contribution in [2.24, 2.45) is 0 Å². The van der Waals surface area contributed by atoms with E-state index in [2.05, 4.69) is 29.6 Å². The first kappa shape index (κ1) is 18.3. The van der Waals surface area contributed by atoms with Gasteiger partial charge in [-0.1, -0.05) is 54.6 Å². The fourth-order valence-corrected chi connectivity index (χ4v) is 3.95. The van der Waals surface area contributed by atoms with Gasteiger partial charge in [-0.15, -0.1) is 0 Å². The predicted octanol–water partition coefficient (Wildman–Crippen LogP) is 5.16. The third kappa shape index (κ3) is 3.27. The van der Waals surface area contributed by atoms with Gasteiger partial charge >= 0.3 is 6.09 Å². The van der Waals surface area contributed by atoms with Crippen molar-refractivity contribution in [2.45, 2.75) is 26.4 Å². The minimum Gasteiger partial charge on any atom is -0.448 e. The summed E-state index contributed by atoms with van der Waals surface area (Å²) in [6.07, 6.45) is -0.488. The molecule has 0 saturated carbocycles. The molecule has 28 heavy (non-hydrogen) atoms. The molecule has 0 saturated heterocycles. The molecule has 0 radical (unpaired) electrons. The molecule has 4 heteroatoms. The summed E-state index contributed by atoms with van der Waals surface area (Å²) in [4.78, 5) is 12.4. The summed E-state index contributed by atoms with van der Waals surface area (Å²) in [5.41, 5.74) is 8.16. The number of carbonyl (C=O) groups is 1. The van der Waals surface area contributed by atoms with E-state index in [1.165, 1.54) is 22.3 Å². The molecule has 0 atom stereocenters. The van der Waals surface area contributed by atoms with E-state index < -0.39 is 6.09 Å². The van der Waals surface area contributed by atoms with Crippen LogP contribution in [0.4, 0.5) is 10.5 Å². The topological polar surface area (TPSA) is 58.6 Å². The molecule has 2 N–H and O–H groups in total. The maximum Gasteiger partial charge on any atom is 0.411 e. The third-order valence-electron chi connectivity index (χ3n) is 5.43. The Morgan fingerprint density at radius 3 is 2.18 bits per heavy atom. The van der Waals surface area contributed by atoms with Crippen LogP contribution in [0.25, 0.3) is 11.1 Å². The lowest BCUT2D eigenvalue weighted by molar-refractivity contribution is 0.158. The molecular formula is C24H23NO3. The molecule has 0 spiro atoms. The third-order valence-corrected chi connectivity index (χ3v) is 5.43. The van der Waals surface area contributed by atoms with E-state index >= 15 is 0 Å². The molecular weight excluding hydrogens is 350 g/mol. The van der Waals surface area contributed by atoms with Gasteiger partial charge in [0.25, 0.3) is 0 Å². The lowest BCUT2D eigenvalue weighted by Gasteiger charge is -2.16. The van der Waals surface area contributed by atoms with Gasteiger partial charge in [-0.25, -0.2) is 4.79 Å². The number of aliphatic hydroxyl groups excluding tert-OH is 1. The predicted molar refractivity (Wildman–Crippen MR) is 111 cm³/mol. The fourth-order valence-electron chi connectivity index (χ4n) is 3.95. The van der Waals surface area contributed by atoms with E-state index in [0.29, 0.717) is 5.69 Å². The first-order chi connectivity index (χ1) is 13.6. The van der Waals surface area contributed by atoms with E-state index in [9.17, 15) is 9.90 Å². The lowest BCUT2D eigenvalue weighted by Crippen LogP contribution is -2.18. The molecule has 0 fully saturated rings. The van der Waals surface area contributed by atoms with Gasteiger partial charge in [-0.3, -0.25) is 5.32 Å². The Balaban J connectivity index is 1.50. The van der Waals surface area contributed by atoms with Gasteiger partial charge in [0.2, 0.25) is 0 Å². The van der Waals surface area contributed by atoms with E-state index in [-0.39, 0.29) is 19.1 Å². The minimum atomic E-state index is -0.488. The fraction of sp³-hybridized carbons (Fsp3) is 0.208. The van der Waals surface area contributed by atoms with Crippen LogP contribution in [0, 0.1) is 13.8 Å². The highest BCUT2D eigenvalue weighted by Crippen LogP contribution is 2.44. The highest BCUT2D eigenvalue weighted by molar-refractivity contribution is 5.86. The first-order valence-corrected chi connectivity index (χ1v) is 9.41. The number of benzene rings is 3. The summed E-state index contributed by atoms with van der Waals surface area (Å²) in [5.74, 6) is 0.0327. The van der Waals surface area contributed by atoms with E-state index in [1.807, 2.05) is 44.2 Å². The van der Waals surface area contributed by atoms with Gasteiger partial charge in [0.1, 0.15) is 6.61 Å². The number of anilines is 1. The molecule has 1 aliphatic rings. The summed E-state index contributed by atoms with van der Waals surface area (Å²) < 4.78 is 5.59. The lowest BCUT2D eigenvalue weighted by atomic mass is 9.98. The number of hydrogen-bond donors (Lipinski definition) is 2. The SMILES string of the molecule is Cc1cc(C)c(NC(=O)OCC2c3ccccc3-c3ccccc32)cc1CO. The second-order valence-corrected chi connectivity index (χ2v) is 7.20. The number of carbonyl (C=O) groups excluding carboxylic acids is 1. The van der Waals surface area contributed by atoms with Crippen molar-refractivity contribution >= 4 is 11.8 Å². The standard InChI is InChI=1S/C24H23NO3/c1-15-11-16(2)23(12-17(15)13-26)25-24(27)28-14-22-20-9-5-3-7-18(20)19-8-4-6-10-21(19)22/h3-12,22,26H,13-14H2,1-2H3,(H,25,27). The number of rotatable bonds is 4. The van der Waals surface area contributed by atoms with Crippen LogP contribution < -0.4 is 5.32 Å². The molecule has 3 aromatic carbocycles. The summed E-state index contributed by atoms with van der Waals surface area (Å²) in [7, 11) is 0. The Bertz CT molecular complexity index is 996. The van der Waals surface area contributed by atoms with Crippen molar-refractivity contribution in [1.82, 2.24) is 0 Å². The average Bonchev–Trinajstić information content (AvgIpc) is 3.02. The molecule has 0 aromatic heterocycles. The van der Waals surface area contributed by atoms with E-state index in [0.717, 1.165) is 16.7 Å². The average molecular weight is 373 g/mol. The van der Waals surface area contributed by atoms with Gasteiger partial charge < -0.3 is 9.84 Å². The summed E-state index contributed by atoms with van der Waals surface area (Å²) in [6.45, 7) is 4.08. The maximum atomic E-state index is 12.4. The van der Waals surface area contributed by atoms with Gasteiger partial charge in [0.15, 0.2) is 0 Å². The normalized spacial score (nSPS) is 12.4. The minimum absolute atomic E-state index is 0.0327. The van der Waals surface area contributed by atoms with Gasteiger partial charge in [0.05, 0.1) is 6.61 Å². The Kier molecular flexibility index (Phi) is 4.88. The number of hydrogen-bond acceptors (Lipinski definition) is 3. The molecule has 0 unspecified atom stereocenters. The van der Waals surface area contributed by atoms with Crippen molar-refractivity contribution in [3.05, 3.63) is 88.5 Å². The van der Waals surface area contributed by atoms with Crippen LogP contribution in [0.3, 0.4) is 0 Å². The molecule has 0 aliphatic heterocycles. The first-order valence-electron chi connectivity index (χ1n) is 9.41. The molecule has 4 nitrogen and oxygen atoms in total. The molecule has 1 aliphatic carbocycles. The van der Waals surface area contributed by atoms with Crippen LogP contribution in [0.2, 0.25) is 0 Å². The van der Waals surface area contributed by atoms with Crippen molar-refractivity contribution in [3.8, 4) is 11.1 Å². The largest absolute Gasteiger partial charge is 0.448 e. The van der Waals surface area contributed by atoms with E-state index in [1.54, 1.807) is 6.07 Å². The second kappa shape index (κ2) is 7.49. The van der Waals surface area contributed by atoms with Crippen molar-refractivity contribution < 1.29 is 14.6 Å². The van der Waals surface area contributed by atoms with Crippen LogP contribution in [0.1, 0.15) is 33.7 Å². The zero-order valence-corrected chi connectivity index (χ0v) is 16.0. The monoisotopic (exact) mass is 373 g/mol. The number of ether oxygens (including phenoxy) is 1. The molecule has 1 amide bonds. The number of aliphatic hydroxyl groups is 1. The van der Waals surface area contributed by atoms with Crippen LogP contribution in [-0.2, 0) is 11.3 Å². The number of aryl methyl sites for hydroxylation is 2. The highest BCUT2D eigenvalue weighted by Gasteiger charge is 2.29. The number of fused-ring (bicyclic) bond motifs is 3. The quantitative estimate of drug-likeness (QED) is 0.664. The Morgan fingerprint density at radius 1 is 0.964 bits per heavy atom. The Labute approximate surface area is 164 Å². The zero-order chi connectivity index (χ0) is 19.7. The molecule has 142 valence electrons. The van der Waals surface area contributed by atoms with Crippen molar-refractivity contribution in [3.63, 3.8) is 0 Å². The van der Waals surface area contributed by atoms with Crippen LogP contribution in [0.15, 0.2) is 60.7 Å². The van der Waals surface area contributed by atoms with E-state index in [4.69, 9.17) is 4.74 Å². The Morgan fingerprint density at radius 2 is 1.57 bits per heavy atom. The summed E-state index contributed by atoms with van der Waals surface area (Å²) in [6, 6.07) is 20.3. The van der Waals surface area contributed by atoms with Crippen LogP contribution in [-0.4, -0.2) is 17.8 Å². The Hall–Kier alpha value is -3.11. The number of amides is 1. The molecule has 4 rings (SSSR count). The summed E-state index contributed by atoms with van der Waals surface area (Å²) >= 11 is 0. The molecule has 0 heterocycles. The molecule has 3 aromatic rings. The smallest absolute Gasteiger partial charge is 0.411 e. The van der Waals surface area contributed by atoms with Gasteiger partial charge in [-0.2, -0.15) is 0 Å². The van der Waals surface area contributed by atoms with Crippen molar-refractivity contribution in [2.75, 3.05) is 11.9 Å².